The summed E-state index contributed by atoms with van der Waals surface area (Å²) in [6.45, 7) is 9.38. The fourth-order valence-electron chi connectivity index (χ4n) is 4.05. The number of likely N-dealkylation sites (tertiary alicyclic amines) is 1. The first kappa shape index (κ1) is 17.7. The Bertz CT molecular complexity index is 358. The molecule has 0 aromatic heterocycles. The normalized spacial score (nSPS) is 32.6. The average Bonchev–Trinajstić information content (AvgIpc) is 2.53. The first-order valence-electron chi connectivity index (χ1n) is 9.12. The van der Waals surface area contributed by atoms with Gasteiger partial charge in [0.25, 0.3) is 0 Å². The Morgan fingerprint density at radius 2 is 1.95 bits per heavy atom. The largest absolute Gasteiger partial charge is 0.396 e. The van der Waals surface area contributed by atoms with E-state index in [-0.39, 0.29) is 17.9 Å². The Labute approximate surface area is 135 Å². The molecule has 2 fully saturated rings. The van der Waals surface area contributed by atoms with Gasteiger partial charge in [0.05, 0.1) is 6.54 Å². The summed E-state index contributed by atoms with van der Waals surface area (Å²) in [5, 5.41) is 12.8. The van der Waals surface area contributed by atoms with Gasteiger partial charge in [0.2, 0.25) is 5.91 Å². The van der Waals surface area contributed by atoms with Crippen LogP contribution in [0.5, 0.6) is 0 Å². The third-order valence-corrected chi connectivity index (χ3v) is 6.42. The molecule has 4 heteroatoms. The van der Waals surface area contributed by atoms with Crippen molar-refractivity contribution in [1.29, 1.82) is 0 Å². The molecule has 0 bridgehead atoms. The first-order valence-corrected chi connectivity index (χ1v) is 9.12. The smallest absolute Gasteiger partial charge is 0.234 e. The van der Waals surface area contributed by atoms with Gasteiger partial charge in [-0.1, -0.05) is 33.6 Å². The maximum absolute atomic E-state index is 12.3. The number of piperidine rings is 1. The Morgan fingerprint density at radius 3 is 2.55 bits per heavy atom. The van der Waals surface area contributed by atoms with Gasteiger partial charge in [0.15, 0.2) is 0 Å². The Hall–Kier alpha value is -0.610. The van der Waals surface area contributed by atoms with Gasteiger partial charge in [-0.3, -0.25) is 9.69 Å². The molecule has 0 aromatic carbocycles. The second kappa shape index (κ2) is 7.78. The van der Waals surface area contributed by atoms with E-state index in [0.29, 0.717) is 24.4 Å². The van der Waals surface area contributed by atoms with Crippen LogP contribution in [0.15, 0.2) is 0 Å². The second-order valence-electron chi connectivity index (χ2n) is 7.73. The summed E-state index contributed by atoms with van der Waals surface area (Å²) in [5.41, 5.74) is 0.0975. The molecule has 1 heterocycles. The fourth-order valence-corrected chi connectivity index (χ4v) is 4.05. The second-order valence-corrected chi connectivity index (χ2v) is 7.73. The molecule has 128 valence electrons. The Morgan fingerprint density at radius 1 is 1.27 bits per heavy atom. The van der Waals surface area contributed by atoms with Gasteiger partial charge in [-0.15, -0.1) is 0 Å². The first-order chi connectivity index (χ1) is 10.5. The van der Waals surface area contributed by atoms with Crippen molar-refractivity contribution in [2.75, 3.05) is 26.2 Å². The lowest BCUT2D eigenvalue weighted by Crippen LogP contribution is -2.49. The standard InChI is InChI=1S/C18H34N2O2/c1-4-18(13-21)8-10-20(11-9-18)12-17(22)19-16-7-5-6-14(2)15(16)3/h14-16,21H,4-13H2,1-3H3,(H,19,22). The van der Waals surface area contributed by atoms with Crippen molar-refractivity contribution in [1.82, 2.24) is 10.2 Å². The maximum atomic E-state index is 12.3. The molecule has 0 radical (unpaired) electrons. The van der Waals surface area contributed by atoms with Crippen LogP contribution in [0.25, 0.3) is 0 Å². The van der Waals surface area contributed by atoms with Crippen LogP contribution in [0.4, 0.5) is 0 Å². The number of amides is 1. The number of rotatable bonds is 5. The van der Waals surface area contributed by atoms with Crippen molar-refractivity contribution in [3.05, 3.63) is 0 Å². The topological polar surface area (TPSA) is 52.6 Å². The SMILES string of the molecule is CCC1(CO)CCN(CC(=O)NC2CCCC(C)C2C)CC1. The highest BCUT2D eigenvalue weighted by Gasteiger charge is 2.33. The predicted octanol–water partition coefficient (Wildman–Crippen LogP) is 2.41. The summed E-state index contributed by atoms with van der Waals surface area (Å²) in [4.78, 5) is 14.6. The molecule has 1 aliphatic carbocycles. The fraction of sp³-hybridized carbons (Fsp3) is 0.944. The zero-order chi connectivity index (χ0) is 16.2. The highest BCUT2D eigenvalue weighted by atomic mass is 16.3. The summed E-state index contributed by atoms with van der Waals surface area (Å²) < 4.78 is 0. The number of aliphatic hydroxyl groups is 1. The van der Waals surface area contributed by atoms with Crippen LogP contribution < -0.4 is 5.32 Å². The number of nitrogens with zero attached hydrogens (tertiary/aromatic N) is 1. The summed E-state index contributed by atoms with van der Waals surface area (Å²) in [6.07, 6.45) is 6.69. The molecule has 1 amide bonds. The minimum Gasteiger partial charge on any atom is -0.396 e. The van der Waals surface area contributed by atoms with Crippen LogP contribution in [0.2, 0.25) is 0 Å². The van der Waals surface area contributed by atoms with Crippen molar-refractivity contribution in [3.63, 3.8) is 0 Å². The molecular formula is C18H34N2O2. The quantitative estimate of drug-likeness (QED) is 0.820. The lowest BCUT2D eigenvalue weighted by molar-refractivity contribution is -0.124. The van der Waals surface area contributed by atoms with E-state index in [2.05, 4.69) is 31.0 Å². The number of aliphatic hydroxyl groups excluding tert-OH is 1. The zero-order valence-electron chi connectivity index (χ0n) is 14.6. The molecule has 2 aliphatic rings. The van der Waals surface area contributed by atoms with Crippen LogP contribution in [0.1, 0.15) is 59.3 Å². The summed E-state index contributed by atoms with van der Waals surface area (Å²) in [5.74, 6) is 1.48. The van der Waals surface area contributed by atoms with E-state index in [4.69, 9.17) is 0 Å². The Balaban J connectivity index is 1.76. The van der Waals surface area contributed by atoms with E-state index in [9.17, 15) is 9.90 Å². The summed E-state index contributed by atoms with van der Waals surface area (Å²) in [7, 11) is 0. The molecule has 1 saturated heterocycles. The highest BCUT2D eigenvalue weighted by molar-refractivity contribution is 5.78. The number of carbonyl (C=O) groups is 1. The van der Waals surface area contributed by atoms with Crippen LogP contribution in [0, 0.1) is 17.3 Å². The zero-order valence-corrected chi connectivity index (χ0v) is 14.6. The van der Waals surface area contributed by atoms with E-state index >= 15 is 0 Å². The lowest BCUT2D eigenvalue weighted by Gasteiger charge is -2.40. The van der Waals surface area contributed by atoms with Gasteiger partial charge in [-0.25, -0.2) is 0 Å². The van der Waals surface area contributed by atoms with Crippen molar-refractivity contribution in [2.45, 2.75) is 65.3 Å². The molecule has 3 unspecified atom stereocenters. The Kier molecular flexibility index (Phi) is 6.27. The molecule has 4 nitrogen and oxygen atoms in total. The van der Waals surface area contributed by atoms with Gasteiger partial charge in [0, 0.05) is 12.6 Å². The van der Waals surface area contributed by atoms with Crippen LogP contribution in [0.3, 0.4) is 0 Å². The highest BCUT2D eigenvalue weighted by Crippen LogP contribution is 2.34. The monoisotopic (exact) mass is 310 g/mol. The molecule has 0 spiro atoms. The minimum atomic E-state index is 0.0975. The van der Waals surface area contributed by atoms with Crippen molar-refractivity contribution >= 4 is 5.91 Å². The average molecular weight is 310 g/mol. The van der Waals surface area contributed by atoms with E-state index in [1.807, 2.05) is 0 Å². The van der Waals surface area contributed by atoms with Gasteiger partial charge in [-0.2, -0.15) is 0 Å². The van der Waals surface area contributed by atoms with Gasteiger partial charge < -0.3 is 10.4 Å². The molecule has 0 aromatic rings. The van der Waals surface area contributed by atoms with Crippen molar-refractivity contribution < 1.29 is 9.90 Å². The molecule has 3 atom stereocenters. The van der Waals surface area contributed by atoms with E-state index < -0.39 is 0 Å². The van der Waals surface area contributed by atoms with Gasteiger partial charge in [-0.05, 0) is 56.0 Å². The van der Waals surface area contributed by atoms with Crippen LogP contribution >= 0.6 is 0 Å². The number of nitrogens with one attached hydrogen (secondary N) is 1. The number of hydrogen-bond acceptors (Lipinski definition) is 3. The third kappa shape index (κ3) is 4.23. The van der Waals surface area contributed by atoms with Crippen molar-refractivity contribution in [3.8, 4) is 0 Å². The van der Waals surface area contributed by atoms with Crippen LogP contribution in [-0.2, 0) is 4.79 Å². The maximum Gasteiger partial charge on any atom is 0.234 e. The molecule has 2 rings (SSSR count). The van der Waals surface area contributed by atoms with E-state index in [0.717, 1.165) is 38.8 Å². The minimum absolute atomic E-state index is 0.0975. The van der Waals surface area contributed by atoms with Gasteiger partial charge in [0.1, 0.15) is 0 Å². The lowest BCUT2D eigenvalue weighted by atomic mass is 9.77. The van der Waals surface area contributed by atoms with Crippen LogP contribution in [-0.4, -0.2) is 48.2 Å². The third-order valence-electron chi connectivity index (χ3n) is 6.42. The van der Waals surface area contributed by atoms with Gasteiger partial charge >= 0.3 is 0 Å². The number of carbonyl (C=O) groups excluding carboxylic acids is 1. The molecule has 1 aliphatic heterocycles. The molecular weight excluding hydrogens is 276 g/mol. The molecule has 22 heavy (non-hydrogen) atoms. The summed E-state index contributed by atoms with van der Waals surface area (Å²) in [6, 6.07) is 0.355. The molecule has 1 saturated carbocycles. The van der Waals surface area contributed by atoms with Crippen molar-refractivity contribution in [2.24, 2.45) is 17.3 Å². The number of hydrogen-bond donors (Lipinski definition) is 2. The van der Waals surface area contributed by atoms with E-state index in [1.165, 1.54) is 12.8 Å². The van der Waals surface area contributed by atoms with E-state index in [1.54, 1.807) is 0 Å². The summed E-state index contributed by atoms with van der Waals surface area (Å²) >= 11 is 0. The predicted molar refractivity (Wildman–Crippen MR) is 89.6 cm³/mol. The molecule has 2 N–H and O–H groups in total.